The first-order chi connectivity index (χ1) is 10.5. The molecule has 5 nitrogen and oxygen atoms in total. The van der Waals surface area contributed by atoms with E-state index in [-0.39, 0.29) is 16.6 Å². The molecule has 0 atom stereocenters. The predicted molar refractivity (Wildman–Crippen MR) is 96.5 cm³/mol. The summed E-state index contributed by atoms with van der Waals surface area (Å²) in [6.45, 7) is 10.4. The van der Waals surface area contributed by atoms with E-state index in [0.717, 1.165) is 22.5 Å². The maximum atomic E-state index is 12.2. The molecule has 1 N–H and O–H groups in total. The Morgan fingerprint density at radius 3 is 2.35 bits per heavy atom. The molecule has 2 rings (SSSR count). The number of nitrogens with zero attached hydrogens (tertiary/aromatic N) is 1. The van der Waals surface area contributed by atoms with Crippen LogP contribution in [0.1, 0.15) is 41.0 Å². The standard InChI is InChI=1S/C17H22N2O3S/c1-16(2,3)10-17(4,5)18-13-11-8-6-7-9-12(11)23-15(20)14(13)19(21)22/h6-9,18H,10H2,1-5H3. The molecule has 0 bridgehead atoms. The highest BCUT2D eigenvalue weighted by molar-refractivity contribution is 7.16. The Bertz CT molecular complexity index is 804. The Morgan fingerprint density at radius 2 is 1.78 bits per heavy atom. The minimum atomic E-state index is -0.583. The van der Waals surface area contributed by atoms with E-state index in [1.54, 1.807) is 0 Å². The van der Waals surface area contributed by atoms with Gasteiger partial charge in [0.2, 0.25) is 0 Å². The monoisotopic (exact) mass is 334 g/mol. The maximum Gasteiger partial charge on any atom is 0.350 e. The first-order valence-corrected chi connectivity index (χ1v) is 8.30. The van der Waals surface area contributed by atoms with Crippen LogP contribution in [0.25, 0.3) is 10.1 Å². The van der Waals surface area contributed by atoms with E-state index < -0.39 is 9.67 Å². The fourth-order valence-electron chi connectivity index (χ4n) is 3.14. The molecule has 6 heteroatoms. The van der Waals surface area contributed by atoms with Gasteiger partial charge >= 0.3 is 10.4 Å². The van der Waals surface area contributed by atoms with Gasteiger partial charge in [-0.05, 0) is 31.7 Å². The van der Waals surface area contributed by atoms with E-state index in [1.165, 1.54) is 0 Å². The molecule has 0 amide bonds. The van der Waals surface area contributed by atoms with Gasteiger partial charge < -0.3 is 5.32 Å². The third-order valence-electron chi connectivity index (χ3n) is 3.41. The lowest BCUT2D eigenvalue weighted by atomic mass is 9.81. The summed E-state index contributed by atoms with van der Waals surface area (Å²) in [5, 5.41) is 15.4. The Kier molecular flexibility index (Phi) is 4.48. The van der Waals surface area contributed by atoms with Gasteiger partial charge in [0.15, 0.2) is 0 Å². The van der Waals surface area contributed by atoms with E-state index >= 15 is 0 Å². The first kappa shape index (κ1) is 17.4. The lowest BCUT2D eigenvalue weighted by Crippen LogP contribution is -2.36. The summed E-state index contributed by atoms with van der Waals surface area (Å²) in [6.07, 6.45) is 0.804. The number of hydrogen-bond acceptors (Lipinski definition) is 5. The molecule has 1 aromatic carbocycles. The number of rotatable bonds is 4. The summed E-state index contributed by atoms with van der Waals surface area (Å²) in [5.41, 5.74) is -0.373. The smallest absolute Gasteiger partial charge is 0.350 e. The quantitative estimate of drug-likeness (QED) is 0.644. The Balaban J connectivity index is 2.64. The molecule has 1 aromatic heterocycles. The molecule has 0 saturated carbocycles. The Hall–Kier alpha value is -1.95. The second kappa shape index (κ2) is 5.92. The molecule has 0 aliphatic carbocycles. The third kappa shape index (κ3) is 4.07. The van der Waals surface area contributed by atoms with E-state index in [0.29, 0.717) is 11.1 Å². The number of nitrogens with one attached hydrogen (secondary N) is 1. The highest BCUT2D eigenvalue weighted by atomic mass is 32.1. The molecule has 0 saturated heterocycles. The second-order valence-corrected chi connectivity index (χ2v) is 8.63. The van der Waals surface area contributed by atoms with Crippen LogP contribution in [0.5, 0.6) is 0 Å². The topological polar surface area (TPSA) is 72.2 Å². The zero-order chi connectivity index (χ0) is 17.4. The summed E-state index contributed by atoms with van der Waals surface area (Å²) in [4.78, 5) is 23.1. The third-order valence-corrected chi connectivity index (χ3v) is 4.36. The van der Waals surface area contributed by atoms with Crippen molar-refractivity contribution in [1.29, 1.82) is 0 Å². The summed E-state index contributed by atoms with van der Waals surface area (Å²) in [6, 6.07) is 7.28. The van der Waals surface area contributed by atoms with Gasteiger partial charge in [0.25, 0.3) is 0 Å². The minimum absolute atomic E-state index is 0.0543. The SMILES string of the molecule is CC(C)(C)CC(C)(C)Nc1c([N+](=O)[O-])c(=O)sc2ccccc12. The van der Waals surface area contributed by atoms with Gasteiger partial charge in [-0.25, -0.2) is 0 Å². The second-order valence-electron chi connectivity index (χ2n) is 7.61. The summed E-state index contributed by atoms with van der Waals surface area (Å²) in [5.74, 6) is 0. The van der Waals surface area contributed by atoms with Crippen molar-refractivity contribution in [3.05, 3.63) is 43.9 Å². The molecule has 23 heavy (non-hydrogen) atoms. The van der Waals surface area contributed by atoms with Crippen molar-refractivity contribution in [2.75, 3.05) is 5.32 Å². The van der Waals surface area contributed by atoms with Crippen LogP contribution in [-0.4, -0.2) is 10.5 Å². The van der Waals surface area contributed by atoms with Gasteiger partial charge in [0.05, 0.1) is 4.92 Å². The zero-order valence-corrected chi connectivity index (χ0v) is 14.9. The van der Waals surface area contributed by atoms with Crippen molar-refractivity contribution in [2.24, 2.45) is 5.41 Å². The van der Waals surface area contributed by atoms with E-state index in [1.807, 2.05) is 38.1 Å². The van der Waals surface area contributed by atoms with Gasteiger partial charge in [0, 0.05) is 15.6 Å². The van der Waals surface area contributed by atoms with E-state index in [4.69, 9.17) is 0 Å². The van der Waals surface area contributed by atoms with Crippen molar-refractivity contribution in [3.8, 4) is 0 Å². The lowest BCUT2D eigenvalue weighted by molar-refractivity contribution is -0.384. The minimum Gasteiger partial charge on any atom is -0.374 e. The zero-order valence-electron chi connectivity index (χ0n) is 14.1. The van der Waals surface area contributed by atoms with E-state index in [2.05, 4.69) is 26.1 Å². The summed E-state index contributed by atoms with van der Waals surface area (Å²) < 4.78 is 0.222. The molecule has 0 unspecified atom stereocenters. The number of fused-ring (bicyclic) bond motifs is 1. The molecule has 0 aliphatic rings. The van der Waals surface area contributed by atoms with Crippen LogP contribution in [0.4, 0.5) is 11.4 Å². The molecule has 0 aliphatic heterocycles. The molecule has 0 spiro atoms. The molecule has 0 fully saturated rings. The molecule has 1 heterocycles. The average Bonchev–Trinajstić information content (AvgIpc) is 2.34. The first-order valence-electron chi connectivity index (χ1n) is 7.49. The van der Waals surface area contributed by atoms with Crippen LogP contribution in [-0.2, 0) is 0 Å². The van der Waals surface area contributed by atoms with Gasteiger partial charge in [-0.1, -0.05) is 50.3 Å². The Labute approximate surface area is 139 Å². The van der Waals surface area contributed by atoms with Crippen LogP contribution >= 0.6 is 11.3 Å². The fourth-order valence-corrected chi connectivity index (χ4v) is 4.04. The maximum absolute atomic E-state index is 12.2. The molecule has 0 radical (unpaired) electrons. The number of hydrogen-bond donors (Lipinski definition) is 1. The van der Waals surface area contributed by atoms with Crippen LogP contribution in [0.3, 0.4) is 0 Å². The highest BCUT2D eigenvalue weighted by Crippen LogP contribution is 2.37. The largest absolute Gasteiger partial charge is 0.374 e. The van der Waals surface area contributed by atoms with Gasteiger partial charge in [-0.3, -0.25) is 14.9 Å². The molecule has 124 valence electrons. The van der Waals surface area contributed by atoms with Crippen LogP contribution in [0, 0.1) is 15.5 Å². The summed E-state index contributed by atoms with van der Waals surface area (Å²) >= 11 is 0.913. The fraction of sp³-hybridized carbons (Fsp3) is 0.471. The van der Waals surface area contributed by atoms with Crippen molar-refractivity contribution >= 4 is 32.8 Å². The molecular weight excluding hydrogens is 312 g/mol. The van der Waals surface area contributed by atoms with Crippen molar-refractivity contribution in [3.63, 3.8) is 0 Å². The summed E-state index contributed by atoms with van der Waals surface area (Å²) in [7, 11) is 0. The normalized spacial score (nSPS) is 12.4. The van der Waals surface area contributed by atoms with Crippen LogP contribution < -0.4 is 10.1 Å². The van der Waals surface area contributed by atoms with Crippen LogP contribution in [0.15, 0.2) is 29.1 Å². The van der Waals surface area contributed by atoms with Crippen molar-refractivity contribution < 1.29 is 4.92 Å². The lowest BCUT2D eigenvalue weighted by Gasteiger charge is -2.34. The average molecular weight is 334 g/mol. The van der Waals surface area contributed by atoms with Gasteiger partial charge in [-0.2, -0.15) is 0 Å². The van der Waals surface area contributed by atoms with Gasteiger partial charge in [-0.15, -0.1) is 0 Å². The van der Waals surface area contributed by atoms with E-state index in [9.17, 15) is 14.9 Å². The number of benzene rings is 1. The van der Waals surface area contributed by atoms with Crippen molar-refractivity contribution in [2.45, 2.75) is 46.6 Å². The molecule has 2 aromatic rings. The van der Waals surface area contributed by atoms with Crippen molar-refractivity contribution in [1.82, 2.24) is 0 Å². The van der Waals surface area contributed by atoms with Crippen LogP contribution in [0.2, 0.25) is 0 Å². The highest BCUT2D eigenvalue weighted by Gasteiger charge is 2.30. The molecular formula is C17H22N2O3S. The predicted octanol–water partition coefficient (Wildman–Crippen LogP) is 4.80. The Morgan fingerprint density at radius 1 is 1.17 bits per heavy atom. The number of anilines is 1. The number of nitro groups is 1. The van der Waals surface area contributed by atoms with Gasteiger partial charge in [0.1, 0.15) is 5.69 Å².